The lowest BCUT2D eigenvalue weighted by atomic mass is 9.95. The fraction of sp³-hybridized carbons (Fsp3) is 0.409. The number of benzene rings is 2. The van der Waals surface area contributed by atoms with Crippen molar-refractivity contribution in [1.29, 1.82) is 0 Å². The highest BCUT2D eigenvalue weighted by Crippen LogP contribution is 2.53. The van der Waals surface area contributed by atoms with Gasteiger partial charge in [0, 0.05) is 12.0 Å². The second kappa shape index (κ2) is 6.89. The number of rotatable bonds is 6. The summed E-state index contributed by atoms with van der Waals surface area (Å²) in [6.45, 7) is 1.06. The number of carbonyl (C=O) groups excluding carboxylic acids is 1. The number of hydrogen-bond acceptors (Lipinski definition) is 4. The van der Waals surface area contributed by atoms with Crippen molar-refractivity contribution in [2.75, 3.05) is 28.0 Å². The van der Waals surface area contributed by atoms with Crippen LogP contribution in [0.1, 0.15) is 35.6 Å². The largest absolute Gasteiger partial charge is 0.492 e. The number of fused-ring (bicyclic) bond motifs is 2. The summed E-state index contributed by atoms with van der Waals surface area (Å²) in [5.41, 5.74) is 3.48. The van der Waals surface area contributed by atoms with Crippen LogP contribution < -0.4 is 14.2 Å². The van der Waals surface area contributed by atoms with Crippen LogP contribution in [0.5, 0.6) is 17.2 Å². The molecule has 0 saturated heterocycles. The van der Waals surface area contributed by atoms with Crippen LogP contribution in [0, 0.1) is 0 Å². The summed E-state index contributed by atoms with van der Waals surface area (Å²) in [6.07, 6.45) is 1.84. The van der Waals surface area contributed by atoms with Gasteiger partial charge in [-0.15, -0.1) is 0 Å². The number of hydrogen-bond donors (Lipinski definition) is 0. The first-order valence-electron chi connectivity index (χ1n) is 9.37. The van der Waals surface area contributed by atoms with Gasteiger partial charge in [0.1, 0.15) is 18.4 Å². The molecule has 2 aromatic carbocycles. The lowest BCUT2D eigenvalue weighted by Crippen LogP contribution is -2.38. The van der Waals surface area contributed by atoms with Crippen molar-refractivity contribution >= 4 is 5.78 Å². The molecule has 5 heteroatoms. The zero-order valence-electron chi connectivity index (χ0n) is 16.2. The molecular weight excluding hydrogens is 342 g/mol. The minimum absolute atomic E-state index is 0.0627. The Kier molecular flexibility index (Phi) is 4.56. The molecule has 5 nitrogen and oxygen atoms in total. The summed E-state index contributed by atoms with van der Waals surface area (Å²) in [4.78, 5) is 12.8. The Balaban J connectivity index is 1.57. The molecule has 0 saturated carbocycles. The van der Waals surface area contributed by atoms with Gasteiger partial charge in [-0.05, 0) is 18.1 Å². The number of aryl methyl sites for hydroxylation is 1. The Morgan fingerprint density at radius 2 is 2.00 bits per heavy atom. The number of quaternary nitrogens is 1. The van der Waals surface area contributed by atoms with Gasteiger partial charge < -0.3 is 18.7 Å². The van der Waals surface area contributed by atoms with Crippen LogP contribution in [-0.4, -0.2) is 38.3 Å². The smallest absolute Gasteiger partial charge is 0.231 e. The maximum Gasteiger partial charge on any atom is 0.231 e. The molecule has 142 valence electrons. The van der Waals surface area contributed by atoms with Crippen molar-refractivity contribution < 1.29 is 23.5 Å². The summed E-state index contributed by atoms with van der Waals surface area (Å²) < 4.78 is 17.6. The van der Waals surface area contributed by atoms with Crippen LogP contribution in [-0.2, 0) is 17.8 Å². The number of ether oxygens (including phenoxy) is 3. The molecular formula is C22H26NO4+. The monoisotopic (exact) mass is 368 g/mol. The summed E-state index contributed by atoms with van der Waals surface area (Å²) in [7, 11) is 5.99. The molecule has 0 bridgehead atoms. The average Bonchev–Trinajstić information content (AvgIpc) is 3.21. The van der Waals surface area contributed by atoms with Gasteiger partial charge in [-0.2, -0.15) is 0 Å². The molecule has 4 rings (SSSR count). The van der Waals surface area contributed by atoms with E-state index in [4.69, 9.17) is 14.2 Å². The van der Waals surface area contributed by atoms with Crippen molar-refractivity contribution in [3.63, 3.8) is 0 Å². The lowest BCUT2D eigenvalue weighted by Gasteiger charge is -2.32. The first-order chi connectivity index (χ1) is 13.0. The fourth-order valence-corrected chi connectivity index (χ4v) is 4.27. The minimum Gasteiger partial charge on any atom is -0.492 e. The molecule has 1 atom stereocenters. The number of nitrogens with zero attached hydrogens (tertiary/aromatic N) is 1. The Morgan fingerprint density at radius 1 is 1.22 bits per heavy atom. The van der Waals surface area contributed by atoms with Crippen molar-refractivity contribution in [2.24, 2.45) is 0 Å². The summed E-state index contributed by atoms with van der Waals surface area (Å²) >= 11 is 0. The van der Waals surface area contributed by atoms with Crippen molar-refractivity contribution in [1.82, 2.24) is 0 Å². The third-order valence-corrected chi connectivity index (χ3v) is 5.66. The molecule has 0 amide bonds. The second-order valence-corrected chi connectivity index (χ2v) is 7.90. The van der Waals surface area contributed by atoms with Crippen LogP contribution >= 0.6 is 0 Å². The molecule has 0 spiro atoms. The molecule has 0 fully saturated rings. The first-order valence-corrected chi connectivity index (χ1v) is 9.37. The number of ketones is 1. The Labute approximate surface area is 160 Å². The number of methoxy groups -OCH3 is 1. The van der Waals surface area contributed by atoms with E-state index in [1.807, 2.05) is 18.2 Å². The van der Waals surface area contributed by atoms with Crippen LogP contribution in [0.25, 0.3) is 0 Å². The van der Waals surface area contributed by atoms with Gasteiger partial charge in [-0.1, -0.05) is 30.3 Å². The predicted octanol–water partition coefficient (Wildman–Crippen LogP) is 3.65. The molecule has 1 unspecified atom stereocenters. The predicted molar refractivity (Wildman–Crippen MR) is 102 cm³/mol. The third-order valence-electron chi connectivity index (χ3n) is 5.66. The van der Waals surface area contributed by atoms with Gasteiger partial charge in [-0.25, -0.2) is 0 Å². The van der Waals surface area contributed by atoms with E-state index in [9.17, 15) is 4.79 Å². The van der Waals surface area contributed by atoms with E-state index >= 15 is 0 Å². The maximum absolute atomic E-state index is 12.8. The quantitative estimate of drug-likeness (QED) is 0.730. The van der Waals surface area contributed by atoms with Gasteiger partial charge >= 0.3 is 0 Å². The van der Waals surface area contributed by atoms with E-state index in [2.05, 4.69) is 32.3 Å². The van der Waals surface area contributed by atoms with Crippen molar-refractivity contribution in [2.45, 2.75) is 31.8 Å². The standard InChI is InChI=1S/C22H26NO4/c1-23(2)13-16-11-19-21(27-14-26-19)22(25-3)20(16)18(23)12-17(24)10-9-15-7-5-4-6-8-15/h4-8,11,18H,9-10,12-14H2,1-3H3/q+1. The molecule has 0 N–H and O–H groups in total. The molecule has 0 aliphatic carbocycles. The maximum atomic E-state index is 12.8. The highest BCUT2D eigenvalue weighted by molar-refractivity contribution is 5.80. The molecule has 2 aliphatic rings. The molecule has 27 heavy (non-hydrogen) atoms. The third kappa shape index (κ3) is 3.28. The van der Waals surface area contributed by atoms with Crippen LogP contribution in [0.15, 0.2) is 36.4 Å². The molecule has 2 aliphatic heterocycles. The van der Waals surface area contributed by atoms with Crippen LogP contribution in [0.3, 0.4) is 0 Å². The fourth-order valence-electron chi connectivity index (χ4n) is 4.27. The van der Waals surface area contributed by atoms with Crippen LogP contribution in [0.4, 0.5) is 0 Å². The SMILES string of the molecule is COc1c2c(cc3c1C(CC(=O)CCc1ccccc1)[N+](C)(C)C3)OCO2. The van der Waals surface area contributed by atoms with E-state index in [0.717, 1.165) is 34.5 Å². The highest BCUT2D eigenvalue weighted by atomic mass is 16.7. The van der Waals surface area contributed by atoms with Gasteiger partial charge in [0.05, 0.1) is 33.2 Å². The van der Waals surface area contributed by atoms with Gasteiger partial charge in [0.15, 0.2) is 11.5 Å². The second-order valence-electron chi connectivity index (χ2n) is 7.90. The van der Waals surface area contributed by atoms with E-state index in [0.29, 0.717) is 18.6 Å². The summed E-state index contributed by atoms with van der Waals surface area (Å²) in [5, 5.41) is 0. The highest BCUT2D eigenvalue weighted by Gasteiger charge is 2.45. The summed E-state index contributed by atoms with van der Waals surface area (Å²) in [6, 6.07) is 12.3. The lowest BCUT2D eigenvalue weighted by molar-refractivity contribution is -0.926. The Bertz CT molecular complexity index is 860. The van der Waals surface area contributed by atoms with Crippen molar-refractivity contribution in [3.8, 4) is 17.2 Å². The zero-order chi connectivity index (χ0) is 19.0. The van der Waals surface area contributed by atoms with Gasteiger partial charge in [-0.3, -0.25) is 4.79 Å². The van der Waals surface area contributed by atoms with Gasteiger partial charge in [0.2, 0.25) is 12.5 Å². The minimum atomic E-state index is 0.0627. The topological polar surface area (TPSA) is 44.8 Å². The Morgan fingerprint density at radius 3 is 2.74 bits per heavy atom. The normalized spacial score (nSPS) is 19.0. The number of Topliss-reactive ketones (excluding diaryl/α,β-unsaturated/α-hetero) is 1. The average molecular weight is 368 g/mol. The van der Waals surface area contributed by atoms with Crippen LogP contribution in [0.2, 0.25) is 0 Å². The van der Waals surface area contributed by atoms with E-state index in [-0.39, 0.29) is 18.6 Å². The zero-order valence-corrected chi connectivity index (χ0v) is 16.2. The van der Waals surface area contributed by atoms with E-state index in [1.54, 1.807) is 7.11 Å². The molecule has 0 aromatic heterocycles. The first kappa shape index (κ1) is 17.9. The van der Waals surface area contributed by atoms with Gasteiger partial charge in [0.25, 0.3) is 0 Å². The van der Waals surface area contributed by atoms with Crippen molar-refractivity contribution in [3.05, 3.63) is 53.1 Å². The molecule has 0 radical (unpaired) electrons. The van der Waals surface area contributed by atoms with E-state index in [1.165, 1.54) is 11.1 Å². The summed E-state index contributed by atoms with van der Waals surface area (Å²) in [5.74, 6) is 2.41. The molecule has 2 aromatic rings. The van der Waals surface area contributed by atoms with E-state index < -0.39 is 0 Å². The Hall–Kier alpha value is -2.53. The molecule has 2 heterocycles. The number of carbonyl (C=O) groups is 1.